The Bertz CT molecular complexity index is 258. The minimum absolute atomic E-state index is 0.0746. The molecule has 0 bridgehead atoms. The normalized spacial score (nSPS) is 29.4. The number of nitrogens with zero attached hydrogens (tertiary/aromatic N) is 1. The van der Waals surface area contributed by atoms with Crippen LogP contribution in [-0.4, -0.2) is 41.7 Å². The second kappa shape index (κ2) is 5.83. The van der Waals surface area contributed by atoms with Crippen LogP contribution in [0, 0.1) is 11.8 Å². The Kier molecular flexibility index (Phi) is 4.95. The summed E-state index contributed by atoms with van der Waals surface area (Å²) in [5.41, 5.74) is 4.81. The van der Waals surface area contributed by atoms with Crippen LogP contribution in [0.2, 0.25) is 0 Å². The van der Waals surface area contributed by atoms with Crippen LogP contribution in [-0.2, 0) is 4.79 Å². The molecule has 1 aliphatic rings. The van der Waals surface area contributed by atoms with Crippen LogP contribution in [0.25, 0.3) is 0 Å². The first kappa shape index (κ1) is 14.5. The predicted octanol–water partition coefficient (Wildman–Crippen LogP) is 0.981. The van der Waals surface area contributed by atoms with Gasteiger partial charge in [0.15, 0.2) is 0 Å². The van der Waals surface area contributed by atoms with Crippen LogP contribution in [0.5, 0.6) is 0 Å². The zero-order valence-electron chi connectivity index (χ0n) is 11.3. The number of hydrogen-bond acceptors (Lipinski definition) is 3. The molecule has 1 amide bonds. The number of amides is 1. The van der Waals surface area contributed by atoms with Gasteiger partial charge < -0.3 is 15.7 Å². The molecule has 1 aliphatic carbocycles. The first-order chi connectivity index (χ1) is 7.88. The third-order valence-electron chi connectivity index (χ3n) is 3.66. The number of aliphatic hydroxyl groups is 1. The smallest absolute Gasteiger partial charge is 0.225 e. The molecule has 0 unspecified atom stereocenters. The minimum atomic E-state index is -0.729. The Labute approximate surface area is 104 Å². The predicted molar refractivity (Wildman–Crippen MR) is 68.4 cm³/mol. The molecule has 4 heteroatoms. The quantitative estimate of drug-likeness (QED) is 0.772. The summed E-state index contributed by atoms with van der Waals surface area (Å²) in [6.07, 6.45) is 2.81. The van der Waals surface area contributed by atoms with Crippen molar-refractivity contribution in [2.75, 3.05) is 20.1 Å². The maximum atomic E-state index is 12.1. The Morgan fingerprint density at radius 1 is 1.47 bits per heavy atom. The summed E-state index contributed by atoms with van der Waals surface area (Å²) in [7, 11) is 1.87. The topological polar surface area (TPSA) is 66.6 Å². The summed E-state index contributed by atoms with van der Waals surface area (Å²) in [6, 6.07) is 0. The monoisotopic (exact) mass is 242 g/mol. The molecule has 0 heterocycles. The molecule has 0 aromatic carbocycles. The lowest BCUT2D eigenvalue weighted by molar-refractivity contribution is -0.137. The maximum Gasteiger partial charge on any atom is 0.225 e. The van der Waals surface area contributed by atoms with Crippen molar-refractivity contribution in [3.8, 4) is 0 Å². The molecule has 3 N–H and O–H groups in total. The summed E-state index contributed by atoms with van der Waals surface area (Å²) in [4.78, 5) is 14.0. The molecular weight excluding hydrogens is 216 g/mol. The number of carbonyl (C=O) groups excluding carboxylic acids is 1. The lowest BCUT2D eigenvalue weighted by Crippen LogP contribution is -2.44. The van der Waals surface area contributed by atoms with Gasteiger partial charge in [0.1, 0.15) is 0 Å². The van der Waals surface area contributed by atoms with Gasteiger partial charge in [-0.05, 0) is 31.6 Å². The van der Waals surface area contributed by atoms with E-state index < -0.39 is 5.60 Å². The molecule has 1 rings (SSSR count). The fraction of sp³-hybridized carbons (Fsp3) is 0.923. The first-order valence-corrected chi connectivity index (χ1v) is 6.55. The fourth-order valence-corrected chi connectivity index (χ4v) is 2.56. The Morgan fingerprint density at radius 2 is 2.00 bits per heavy atom. The van der Waals surface area contributed by atoms with E-state index in [-0.39, 0.29) is 11.8 Å². The second-order valence-corrected chi connectivity index (χ2v) is 5.82. The molecule has 0 aliphatic heterocycles. The standard InChI is InChI=1S/C13H26N2O2/c1-10(2)8-15(3)12(16)11-4-6-13(17,9-14)7-5-11/h10-11,17H,4-9,14H2,1-3H3. The molecule has 0 aromatic rings. The van der Waals surface area contributed by atoms with E-state index in [4.69, 9.17) is 5.73 Å². The van der Waals surface area contributed by atoms with Crippen molar-refractivity contribution in [2.45, 2.75) is 45.1 Å². The van der Waals surface area contributed by atoms with Crippen molar-refractivity contribution in [1.29, 1.82) is 0 Å². The van der Waals surface area contributed by atoms with Crippen molar-refractivity contribution < 1.29 is 9.90 Å². The van der Waals surface area contributed by atoms with Gasteiger partial charge in [-0.15, -0.1) is 0 Å². The van der Waals surface area contributed by atoms with Crippen LogP contribution in [0.3, 0.4) is 0 Å². The van der Waals surface area contributed by atoms with Crippen molar-refractivity contribution in [1.82, 2.24) is 4.90 Å². The molecule has 4 nitrogen and oxygen atoms in total. The zero-order chi connectivity index (χ0) is 13.1. The summed E-state index contributed by atoms with van der Waals surface area (Å²) in [5, 5.41) is 10.0. The van der Waals surface area contributed by atoms with Crippen molar-refractivity contribution in [2.24, 2.45) is 17.6 Å². The molecule has 0 atom stereocenters. The third kappa shape index (κ3) is 3.96. The number of rotatable bonds is 4. The maximum absolute atomic E-state index is 12.1. The van der Waals surface area contributed by atoms with E-state index in [1.807, 2.05) is 11.9 Å². The third-order valence-corrected chi connectivity index (χ3v) is 3.66. The largest absolute Gasteiger partial charge is 0.389 e. The molecule has 0 spiro atoms. The van der Waals surface area contributed by atoms with Crippen LogP contribution in [0.4, 0.5) is 0 Å². The summed E-state index contributed by atoms with van der Waals surface area (Å²) in [5.74, 6) is 0.789. The number of nitrogens with two attached hydrogens (primary N) is 1. The minimum Gasteiger partial charge on any atom is -0.389 e. The van der Waals surface area contributed by atoms with Gasteiger partial charge in [-0.1, -0.05) is 13.8 Å². The van der Waals surface area contributed by atoms with Crippen LogP contribution >= 0.6 is 0 Å². The molecule has 0 radical (unpaired) electrons. The second-order valence-electron chi connectivity index (χ2n) is 5.82. The average molecular weight is 242 g/mol. The highest BCUT2D eigenvalue weighted by molar-refractivity contribution is 5.78. The van der Waals surface area contributed by atoms with E-state index in [0.717, 1.165) is 19.4 Å². The highest BCUT2D eigenvalue weighted by atomic mass is 16.3. The lowest BCUT2D eigenvalue weighted by atomic mass is 9.78. The van der Waals surface area contributed by atoms with Gasteiger partial charge in [0.25, 0.3) is 0 Å². The van der Waals surface area contributed by atoms with Crippen LogP contribution < -0.4 is 5.73 Å². The number of hydrogen-bond donors (Lipinski definition) is 2. The number of carbonyl (C=O) groups is 1. The van der Waals surface area contributed by atoms with Crippen LogP contribution in [0.1, 0.15) is 39.5 Å². The molecule has 100 valence electrons. The van der Waals surface area contributed by atoms with E-state index in [9.17, 15) is 9.90 Å². The van der Waals surface area contributed by atoms with Crippen molar-refractivity contribution in [3.05, 3.63) is 0 Å². The lowest BCUT2D eigenvalue weighted by Gasteiger charge is -2.36. The molecule has 1 saturated carbocycles. The first-order valence-electron chi connectivity index (χ1n) is 6.55. The average Bonchev–Trinajstić information content (AvgIpc) is 2.28. The zero-order valence-corrected chi connectivity index (χ0v) is 11.3. The van der Waals surface area contributed by atoms with Gasteiger partial charge in [-0.2, -0.15) is 0 Å². The van der Waals surface area contributed by atoms with Gasteiger partial charge >= 0.3 is 0 Å². The van der Waals surface area contributed by atoms with Gasteiger partial charge in [0.2, 0.25) is 5.91 Å². The molecule has 0 saturated heterocycles. The van der Waals surface area contributed by atoms with E-state index >= 15 is 0 Å². The van der Waals surface area contributed by atoms with E-state index in [1.165, 1.54) is 0 Å². The van der Waals surface area contributed by atoms with E-state index in [2.05, 4.69) is 13.8 Å². The van der Waals surface area contributed by atoms with Crippen LogP contribution in [0.15, 0.2) is 0 Å². The Hall–Kier alpha value is -0.610. The van der Waals surface area contributed by atoms with E-state index in [1.54, 1.807) is 0 Å². The SMILES string of the molecule is CC(C)CN(C)C(=O)C1CCC(O)(CN)CC1. The molecule has 0 aromatic heterocycles. The van der Waals surface area contributed by atoms with Crippen molar-refractivity contribution >= 4 is 5.91 Å². The fourth-order valence-electron chi connectivity index (χ4n) is 2.56. The Balaban J connectivity index is 2.46. The van der Waals surface area contributed by atoms with Gasteiger partial charge in [-0.3, -0.25) is 4.79 Å². The summed E-state index contributed by atoms with van der Waals surface area (Å²) >= 11 is 0. The van der Waals surface area contributed by atoms with Gasteiger partial charge in [-0.25, -0.2) is 0 Å². The highest BCUT2D eigenvalue weighted by Crippen LogP contribution is 2.32. The highest BCUT2D eigenvalue weighted by Gasteiger charge is 2.35. The molecule has 1 fully saturated rings. The van der Waals surface area contributed by atoms with E-state index in [0.29, 0.717) is 25.3 Å². The van der Waals surface area contributed by atoms with Gasteiger partial charge in [0.05, 0.1) is 5.60 Å². The van der Waals surface area contributed by atoms with Crippen molar-refractivity contribution in [3.63, 3.8) is 0 Å². The summed E-state index contributed by atoms with van der Waals surface area (Å²) in [6.45, 7) is 5.32. The Morgan fingerprint density at radius 3 is 2.41 bits per heavy atom. The molecule has 17 heavy (non-hydrogen) atoms. The van der Waals surface area contributed by atoms with Gasteiger partial charge in [0, 0.05) is 26.1 Å². The summed E-state index contributed by atoms with van der Waals surface area (Å²) < 4.78 is 0. The molecular formula is C13H26N2O2.